The number of ether oxygens (including phenoxy) is 2. The Hall–Kier alpha value is -3.75. The molecule has 0 N–H and O–H groups in total. The van der Waals surface area contributed by atoms with E-state index in [9.17, 15) is 4.79 Å². The van der Waals surface area contributed by atoms with Crippen molar-refractivity contribution >= 4 is 11.7 Å². The molecule has 1 fully saturated rings. The highest BCUT2D eigenvalue weighted by atomic mass is 16.5. The number of hydrogen-bond acceptors (Lipinski definition) is 8. The first-order valence-electron chi connectivity index (χ1n) is 9.54. The van der Waals surface area contributed by atoms with Gasteiger partial charge >= 0.3 is 0 Å². The van der Waals surface area contributed by atoms with Gasteiger partial charge in [0.25, 0.3) is 5.91 Å². The van der Waals surface area contributed by atoms with E-state index in [0.717, 1.165) is 22.8 Å². The van der Waals surface area contributed by atoms with Crippen molar-refractivity contribution in [3.63, 3.8) is 0 Å². The Morgan fingerprint density at radius 1 is 0.867 bits per heavy atom. The van der Waals surface area contributed by atoms with Gasteiger partial charge in [-0.15, -0.1) is 0 Å². The molecule has 9 heteroatoms. The summed E-state index contributed by atoms with van der Waals surface area (Å²) in [5.74, 6) is 1.89. The van der Waals surface area contributed by atoms with Gasteiger partial charge in [0, 0.05) is 43.9 Å². The second kappa shape index (κ2) is 8.73. The number of amides is 1. The third-order valence-electron chi connectivity index (χ3n) is 5.00. The van der Waals surface area contributed by atoms with Crippen LogP contribution in [-0.4, -0.2) is 71.1 Å². The molecule has 1 aromatic carbocycles. The number of carbonyl (C=O) groups excluding carboxylic acids is 1. The minimum atomic E-state index is -0.128. The Balaban J connectivity index is 1.43. The van der Waals surface area contributed by atoms with Crippen molar-refractivity contribution in [3.8, 4) is 22.9 Å². The van der Waals surface area contributed by atoms with Crippen molar-refractivity contribution in [2.45, 2.75) is 0 Å². The molecule has 2 aromatic heterocycles. The first-order valence-corrected chi connectivity index (χ1v) is 9.54. The van der Waals surface area contributed by atoms with Gasteiger partial charge in [0.05, 0.1) is 19.9 Å². The molecule has 0 bridgehead atoms. The van der Waals surface area contributed by atoms with Gasteiger partial charge in [-0.05, 0) is 24.3 Å². The fraction of sp³-hybridized carbons (Fsp3) is 0.286. The second-order valence-corrected chi connectivity index (χ2v) is 6.71. The number of nitrogens with zero attached hydrogens (tertiary/aromatic N) is 6. The number of anilines is 1. The van der Waals surface area contributed by atoms with Gasteiger partial charge in [0.2, 0.25) is 5.88 Å². The van der Waals surface area contributed by atoms with E-state index in [1.54, 1.807) is 24.4 Å². The molecule has 0 atom stereocenters. The third-order valence-corrected chi connectivity index (χ3v) is 5.00. The molecule has 9 nitrogen and oxygen atoms in total. The zero-order valence-electron chi connectivity index (χ0n) is 16.9. The quantitative estimate of drug-likeness (QED) is 0.634. The van der Waals surface area contributed by atoms with Crippen LogP contribution in [0.3, 0.4) is 0 Å². The number of piperazine rings is 1. The van der Waals surface area contributed by atoms with Crippen molar-refractivity contribution in [1.29, 1.82) is 0 Å². The highest BCUT2D eigenvalue weighted by Crippen LogP contribution is 2.24. The zero-order chi connectivity index (χ0) is 20.9. The Morgan fingerprint density at radius 3 is 2.30 bits per heavy atom. The summed E-state index contributed by atoms with van der Waals surface area (Å²) in [5, 5.41) is 0. The molecule has 0 radical (unpaired) electrons. The number of benzene rings is 1. The van der Waals surface area contributed by atoms with E-state index < -0.39 is 0 Å². The largest absolute Gasteiger partial charge is 0.497 e. The Kier molecular flexibility index (Phi) is 5.69. The molecule has 3 aromatic rings. The second-order valence-electron chi connectivity index (χ2n) is 6.71. The molecule has 30 heavy (non-hydrogen) atoms. The van der Waals surface area contributed by atoms with E-state index in [1.165, 1.54) is 13.4 Å². The maximum absolute atomic E-state index is 12.7. The number of hydrogen-bond donors (Lipinski definition) is 0. The van der Waals surface area contributed by atoms with E-state index in [1.807, 2.05) is 30.3 Å². The number of aromatic nitrogens is 4. The van der Waals surface area contributed by atoms with Gasteiger partial charge in [0.15, 0.2) is 0 Å². The van der Waals surface area contributed by atoms with Crippen LogP contribution >= 0.6 is 0 Å². The number of rotatable bonds is 5. The molecule has 0 unspecified atom stereocenters. The SMILES string of the molecule is COc1ccc(-c2cc(N3CCN(C(=O)c4cc(OC)ncn4)CC3)ncn2)cc1. The first kappa shape index (κ1) is 19.6. The van der Waals surface area contributed by atoms with Crippen molar-refractivity contribution in [1.82, 2.24) is 24.8 Å². The average Bonchev–Trinajstić information content (AvgIpc) is 2.84. The lowest BCUT2D eigenvalue weighted by atomic mass is 10.1. The van der Waals surface area contributed by atoms with Crippen LogP contribution < -0.4 is 14.4 Å². The molecule has 0 aliphatic carbocycles. The molecule has 1 aliphatic rings. The van der Waals surface area contributed by atoms with Gasteiger partial charge in [-0.25, -0.2) is 19.9 Å². The highest BCUT2D eigenvalue weighted by molar-refractivity contribution is 5.92. The molecule has 0 saturated carbocycles. The van der Waals surface area contributed by atoms with E-state index in [2.05, 4.69) is 24.8 Å². The summed E-state index contributed by atoms with van der Waals surface area (Å²) >= 11 is 0. The summed E-state index contributed by atoms with van der Waals surface area (Å²) in [4.78, 5) is 33.5. The van der Waals surface area contributed by atoms with Gasteiger partial charge < -0.3 is 19.3 Å². The summed E-state index contributed by atoms with van der Waals surface area (Å²) in [7, 11) is 3.15. The van der Waals surface area contributed by atoms with Crippen LogP contribution in [-0.2, 0) is 0 Å². The smallest absolute Gasteiger partial charge is 0.272 e. The van der Waals surface area contributed by atoms with Crippen LogP contribution in [0.4, 0.5) is 5.82 Å². The van der Waals surface area contributed by atoms with Gasteiger partial charge in [-0.3, -0.25) is 4.79 Å². The third kappa shape index (κ3) is 4.14. The van der Waals surface area contributed by atoms with Gasteiger partial charge in [-0.1, -0.05) is 0 Å². The summed E-state index contributed by atoms with van der Waals surface area (Å²) in [6.07, 6.45) is 2.91. The Morgan fingerprint density at radius 2 is 1.60 bits per heavy atom. The van der Waals surface area contributed by atoms with Gasteiger partial charge in [0.1, 0.15) is 29.9 Å². The zero-order valence-corrected chi connectivity index (χ0v) is 16.9. The molecular weight excluding hydrogens is 384 g/mol. The molecule has 3 heterocycles. The van der Waals surface area contributed by atoms with Crippen LogP contribution in [0.2, 0.25) is 0 Å². The molecule has 4 rings (SSSR count). The minimum Gasteiger partial charge on any atom is -0.497 e. The monoisotopic (exact) mass is 406 g/mol. The summed E-state index contributed by atoms with van der Waals surface area (Å²) in [6, 6.07) is 11.3. The van der Waals surface area contributed by atoms with Crippen molar-refractivity contribution in [2.75, 3.05) is 45.3 Å². The molecule has 1 saturated heterocycles. The fourth-order valence-electron chi connectivity index (χ4n) is 3.31. The minimum absolute atomic E-state index is 0.128. The normalized spacial score (nSPS) is 13.8. The topological polar surface area (TPSA) is 93.6 Å². The predicted molar refractivity (Wildman–Crippen MR) is 111 cm³/mol. The van der Waals surface area contributed by atoms with Crippen LogP contribution in [0.15, 0.2) is 49.1 Å². The summed E-state index contributed by atoms with van der Waals surface area (Å²) in [6.45, 7) is 2.50. The average molecular weight is 406 g/mol. The van der Waals surface area contributed by atoms with Crippen LogP contribution in [0.25, 0.3) is 11.3 Å². The lowest BCUT2D eigenvalue weighted by Crippen LogP contribution is -2.49. The van der Waals surface area contributed by atoms with Gasteiger partial charge in [-0.2, -0.15) is 0 Å². The number of methoxy groups -OCH3 is 2. The maximum atomic E-state index is 12.7. The van der Waals surface area contributed by atoms with Crippen molar-refractivity contribution in [2.24, 2.45) is 0 Å². The summed E-state index contributed by atoms with van der Waals surface area (Å²) in [5.41, 5.74) is 2.17. The standard InChI is InChI=1S/C21H22N6O3/c1-29-16-5-3-15(4-6-16)17-11-19(24-13-22-17)26-7-9-27(10-8-26)21(28)18-12-20(30-2)25-14-23-18/h3-6,11-14H,7-10H2,1-2H3. The van der Waals surface area contributed by atoms with E-state index in [-0.39, 0.29) is 5.91 Å². The molecule has 1 aliphatic heterocycles. The fourth-order valence-corrected chi connectivity index (χ4v) is 3.31. The van der Waals surface area contributed by atoms with Crippen LogP contribution in [0.1, 0.15) is 10.5 Å². The molecule has 154 valence electrons. The first-order chi connectivity index (χ1) is 14.7. The lowest BCUT2D eigenvalue weighted by Gasteiger charge is -2.35. The predicted octanol–water partition coefficient (Wildman–Crippen LogP) is 1.91. The van der Waals surface area contributed by atoms with Crippen LogP contribution in [0.5, 0.6) is 11.6 Å². The highest BCUT2D eigenvalue weighted by Gasteiger charge is 2.24. The molecule has 1 amide bonds. The Labute approximate surface area is 174 Å². The van der Waals surface area contributed by atoms with Crippen molar-refractivity contribution < 1.29 is 14.3 Å². The lowest BCUT2D eigenvalue weighted by molar-refractivity contribution is 0.0740. The van der Waals surface area contributed by atoms with E-state index in [0.29, 0.717) is 37.8 Å². The van der Waals surface area contributed by atoms with E-state index in [4.69, 9.17) is 9.47 Å². The van der Waals surface area contributed by atoms with Crippen LogP contribution in [0, 0.1) is 0 Å². The Bertz CT molecular complexity index is 1020. The number of carbonyl (C=O) groups is 1. The molecular formula is C21H22N6O3. The van der Waals surface area contributed by atoms with Crippen molar-refractivity contribution in [3.05, 3.63) is 54.7 Å². The molecule has 0 spiro atoms. The maximum Gasteiger partial charge on any atom is 0.272 e. The van der Waals surface area contributed by atoms with E-state index >= 15 is 0 Å². The summed E-state index contributed by atoms with van der Waals surface area (Å²) < 4.78 is 10.3.